The van der Waals surface area contributed by atoms with Crippen LogP contribution in [0.25, 0.3) is 0 Å². The van der Waals surface area contributed by atoms with Crippen molar-refractivity contribution in [2.24, 2.45) is 5.41 Å². The highest BCUT2D eigenvalue weighted by Gasteiger charge is 2.51. The highest BCUT2D eigenvalue weighted by molar-refractivity contribution is 7.99. The zero-order chi connectivity index (χ0) is 13.2. The number of hydrogen-bond acceptors (Lipinski definition) is 3. The number of nitrogens with zero attached hydrogens (tertiary/aromatic N) is 2. The van der Waals surface area contributed by atoms with Gasteiger partial charge in [-0.05, 0) is 50.4 Å². The molecule has 2 nitrogen and oxygen atoms in total. The molecule has 0 bridgehead atoms. The van der Waals surface area contributed by atoms with Crippen molar-refractivity contribution >= 4 is 11.8 Å². The Hall–Kier alpha value is -0.980. The summed E-state index contributed by atoms with van der Waals surface area (Å²) in [6.07, 6.45) is 2.05. The van der Waals surface area contributed by atoms with Crippen molar-refractivity contribution in [2.75, 3.05) is 19.8 Å². The first-order valence-corrected chi connectivity index (χ1v) is 7.42. The van der Waals surface area contributed by atoms with E-state index in [1.165, 1.54) is 10.5 Å². The van der Waals surface area contributed by atoms with Crippen LogP contribution in [0.3, 0.4) is 0 Å². The Kier molecular flexibility index (Phi) is 3.99. The van der Waals surface area contributed by atoms with E-state index in [0.717, 1.165) is 18.6 Å². The number of rotatable bonds is 5. The molecule has 0 radical (unpaired) electrons. The van der Waals surface area contributed by atoms with E-state index in [9.17, 15) is 5.26 Å². The fourth-order valence-corrected chi connectivity index (χ4v) is 3.27. The second-order valence-corrected chi connectivity index (χ2v) is 6.47. The van der Waals surface area contributed by atoms with Crippen molar-refractivity contribution in [2.45, 2.75) is 30.7 Å². The smallest absolute Gasteiger partial charge is 0.0771 e. The number of nitriles is 1. The van der Waals surface area contributed by atoms with Crippen LogP contribution in [0.5, 0.6) is 0 Å². The van der Waals surface area contributed by atoms with Crippen LogP contribution < -0.4 is 0 Å². The summed E-state index contributed by atoms with van der Waals surface area (Å²) in [6, 6.07) is 11.5. The maximum absolute atomic E-state index is 9.40. The fraction of sp³-hybridized carbons (Fsp3) is 0.533. The molecule has 1 saturated carbocycles. The molecular weight excluding hydrogens is 240 g/mol. The van der Waals surface area contributed by atoms with Crippen molar-refractivity contribution in [1.29, 1.82) is 5.26 Å². The third kappa shape index (κ3) is 2.55. The molecule has 0 N–H and O–H groups in total. The van der Waals surface area contributed by atoms with E-state index in [-0.39, 0.29) is 11.5 Å². The van der Waals surface area contributed by atoms with Gasteiger partial charge in [0.15, 0.2) is 0 Å². The molecular formula is C15H20N2S. The Morgan fingerprint density at radius 1 is 1.33 bits per heavy atom. The average Bonchev–Trinajstić information content (AvgIpc) is 3.13. The van der Waals surface area contributed by atoms with Gasteiger partial charge in [0, 0.05) is 4.90 Å². The monoisotopic (exact) mass is 260 g/mol. The summed E-state index contributed by atoms with van der Waals surface area (Å²) in [4.78, 5) is 3.48. The van der Waals surface area contributed by atoms with E-state index in [1.54, 1.807) is 0 Å². The lowest BCUT2D eigenvalue weighted by Crippen LogP contribution is -2.27. The molecule has 0 spiro atoms. The van der Waals surface area contributed by atoms with Crippen molar-refractivity contribution < 1.29 is 0 Å². The molecule has 0 amide bonds. The quantitative estimate of drug-likeness (QED) is 0.755. The molecule has 0 aromatic heterocycles. The normalized spacial score (nSPS) is 18.4. The van der Waals surface area contributed by atoms with Crippen LogP contribution in [-0.4, -0.2) is 24.7 Å². The Morgan fingerprint density at radius 2 is 1.94 bits per heavy atom. The van der Waals surface area contributed by atoms with Crippen LogP contribution >= 0.6 is 11.8 Å². The summed E-state index contributed by atoms with van der Waals surface area (Å²) in [7, 11) is 4.13. The molecule has 1 aliphatic carbocycles. The largest absolute Gasteiger partial charge is 0.301 e. The highest BCUT2D eigenvalue weighted by Crippen LogP contribution is 2.56. The number of thioether (sulfide) groups is 1. The second kappa shape index (κ2) is 5.34. The molecule has 0 heterocycles. The predicted octanol–water partition coefficient (Wildman–Crippen LogP) is 3.71. The van der Waals surface area contributed by atoms with E-state index in [4.69, 9.17) is 0 Å². The minimum atomic E-state index is -0.150. The zero-order valence-electron chi connectivity index (χ0n) is 11.3. The maximum atomic E-state index is 9.40. The Morgan fingerprint density at radius 3 is 2.33 bits per heavy atom. The summed E-state index contributed by atoms with van der Waals surface area (Å²) in [5.41, 5.74) is 1.11. The van der Waals surface area contributed by atoms with Gasteiger partial charge >= 0.3 is 0 Å². The van der Waals surface area contributed by atoms with Crippen molar-refractivity contribution in [3.05, 3.63) is 29.8 Å². The van der Waals surface area contributed by atoms with Gasteiger partial charge in [0.05, 0.1) is 17.5 Å². The zero-order valence-corrected chi connectivity index (χ0v) is 12.1. The van der Waals surface area contributed by atoms with Crippen LogP contribution in [0.15, 0.2) is 29.2 Å². The van der Waals surface area contributed by atoms with Crippen LogP contribution in [0.1, 0.15) is 31.4 Å². The Bertz CT molecular complexity index is 441. The van der Waals surface area contributed by atoms with E-state index in [0.29, 0.717) is 0 Å². The first-order chi connectivity index (χ1) is 8.63. The third-order valence-electron chi connectivity index (χ3n) is 3.56. The van der Waals surface area contributed by atoms with Gasteiger partial charge in [-0.25, -0.2) is 0 Å². The summed E-state index contributed by atoms with van der Waals surface area (Å²) in [6.45, 7) is 2.16. The lowest BCUT2D eigenvalue weighted by atomic mass is 9.90. The fourth-order valence-electron chi connectivity index (χ4n) is 2.61. The van der Waals surface area contributed by atoms with E-state index in [2.05, 4.69) is 56.3 Å². The molecule has 0 saturated heterocycles. The molecule has 1 fully saturated rings. The van der Waals surface area contributed by atoms with Crippen molar-refractivity contribution in [3.63, 3.8) is 0 Å². The minimum absolute atomic E-state index is 0.150. The molecule has 1 atom stereocenters. The molecule has 1 aliphatic rings. The predicted molar refractivity (Wildman–Crippen MR) is 76.5 cm³/mol. The molecule has 18 heavy (non-hydrogen) atoms. The van der Waals surface area contributed by atoms with Gasteiger partial charge in [-0.2, -0.15) is 5.26 Å². The van der Waals surface area contributed by atoms with E-state index < -0.39 is 0 Å². The third-order valence-corrected chi connectivity index (χ3v) is 4.45. The molecule has 2 rings (SSSR count). The van der Waals surface area contributed by atoms with E-state index in [1.807, 2.05) is 11.8 Å². The topological polar surface area (TPSA) is 27.0 Å². The molecule has 1 aromatic rings. The standard InChI is InChI=1S/C15H20N2S/c1-4-18-13-7-5-12(6-8-13)14(17(2)3)15(11-16)9-10-15/h5-8,14H,4,9-10H2,1-3H3. The molecule has 3 heteroatoms. The maximum Gasteiger partial charge on any atom is 0.0771 e. The Labute approximate surface area is 114 Å². The van der Waals surface area contributed by atoms with Gasteiger partial charge < -0.3 is 4.90 Å². The number of benzene rings is 1. The van der Waals surface area contributed by atoms with Gasteiger partial charge in [-0.3, -0.25) is 0 Å². The summed E-state index contributed by atoms with van der Waals surface area (Å²) in [5, 5.41) is 9.40. The van der Waals surface area contributed by atoms with Gasteiger partial charge in [0.25, 0.3) is 0 Å². The summed E-state index contributed by atoms with van der Waals surface area (Å²) >= 11 is 1.85. The minimum Gasteiger partial charge on any atom is -0.301 e. The van der Waals surface area contributed by atoms with E-state index >= 15 is 0 Å². The first kappa shape index (κ1) is 13.5. The van der Waals surface area contributed by atoms with Crippen LogP contribution in [0.2, 0.25) is 0 Å². The van der Waals surface area contributed by atoms with Crippen molar-refractivity contribution in [3.8, 4) is 6.07 Å². The van der Waals surface area contributed by atoms with Gasteiger partial charge in [-0.15, -0.1) is 11.8 Å². The lowest BCUT2D eigenvalue weighted by molar-refractivity contribution is 0.232. The highest BCUT2D eigenvalue weighted by atomic mass is 32.2. The van der Waals surface area contributed by atoms with Gasteiger partial charge in [0.2, 0.25) is 0 Å². The van der Waals surface area contributed by atoms with Gasteiger partial charge in [-0.1, -0.05) is 19.1 Å². The molecule has 0 aliphatic heterocycles. The van der Waals surface area contributed by atoms with Crippen molar-refractivity contribution in [1.82, 2.24) is 4.90 Å². The lowest BCUT2D eigenvalue weighted by Gasteiger charge is -2.29. The van der Waals surface area contributed by atoms with Gasteiger partial charge in [0.1, 0.15) is 0 Å². The summed E-state index contributed by atoms with van der Waals surface area (Å²) < 4.78 is 0. The molecule has 1 aromatic carbocycles. The average molecular weight is 260 g/mol. The van der Waals surface area contributed by atoms with Crippen LogP contribution in [0, 0.1) is 16.7 Å². The Balaban J connectivity index is 2.24. The second-order valence-electron chi connectivity index (χ2n) is 5.14. The first-order valence-electron chi connectivity index (χ1n) is 6.43. The number of hydrogen-bond donors (Lipinski definition) is 0. The summed E-state index contributed by atoms with van der Waals surface area (Å²) in [5.74, 6) is 1.10. The van der Waals surface area contributed by atoms with Crippen LogP contribution in [0.4, 0.5) is 0 Å². The SMILES string of the molecule is CCSc1ccc(C(N(C)C)C2(C#N)CC2)cc1. The molecule has 1 unspecified atom stereocenters. The molecule has 96 valence electrons. The van der Waals surface area contributed by atoms with Crippen LogP contribution in [-0.2, 0) is 0 Å².